The number of rotatable bonds is 3. The molecule has 0 radical (unpaired) electrons. The molecule has 1 saturated carbocycles. The van der Waals surface area contributed by atoms with Crippen molar-refractivity contribution in [3.63, 3.8) is 0 Å². The van der Waals surface area contributed by atoms with Gasteiger partial charge in [0.05, 0.1) is 5.54 Å². The predicted octanol–water partition coefficient (Wildman–Crippen LogP) is 13.6. The zero-order valence-electron chi connectivity index (χ0n) is 36.2. The van der Waals surface area contributed by atoms with Crippen molar-refractivity contribution in [2.45, 2.75) is 95.9 Å². The van der Waals surface area contributed by atoms with Crippen LogP contribution in [-0.4, -0.2) is 12.4 Å². The van der Waals surface area contributed by atoms with Crippen LogP contribution >= 0.6 is 0 Å². The Kier molecular flexibility index (Phi) is 7.31. The van der Waals surface area contributed by atoms with Crippen LogP contribution in [0.5, 0.6) is 0 Å². The number of fused-ring (bicyclic) bond motifs is 11. The standard InChI is InChI=1S/C57H53BN2/c1-54(2,3)40-33-47-52-48(34-40)58-51-44(35-46-50(42-22-14-15-23-45(42)55(46,4)5)53(51)59(52)57(7)31-17-16-30-56(47,57)6)43-32-39(37-20-12-9-13-21-37)26-29-49(43)60(58)41-27-24-38(25-28-41)36-18-10-8-11-19-36/h8-15,18-29,32-35H,16-17,30-31H2,1-7H3. The van der Waals surface area contributed by atoms with E-state index in [9.17, 15) is 0 Å². The van der Waals surface area contributed by atoms with Gasteiger partial charge in [-0.2, -0.15) is 0 Å². The molecule has 0 amide bonds. The van der Waals surface area contributed by atoms with Gasteiger partial charge >= 0.3 is 6.85 Å². The van der Waals surface area contributed by atoms with Crippen molar-refractivity contribution >= 4 is 40.5 Å². The van der Waals surface area contributed by atoms with Crippen LogP contribution in [0.4, 0.5) is 22.7 Å². The van der Waals surface area contributed by atoms with Gasteiger partial charge in [0, 0.05) is 44.7 Å². The Bertz CT molecular complexity index is 2920. The normalized spacial score (nSPS) is 21.1. The first kappa shape index (κ1) is 36.1. The Morgan fingerprint density at radius 3 is 1.88 bits per heavy atom. The van der Waals surface area contributed by atoms with Crippen molar-refractivity contribution < 1.29 is 0 Å². The van der Waals surface area contributed by atoms with Crippen molar-refractivity contribution in [2.75, 3.05) is 9.71 Å². The van der Waals surface area contributed by atoms with Gasteiger partial charge in [-0.25, -0.2) is 0 Å². The van der Waals surface area contributed by atoms with E-state index >= 15 is 0 Å². The number of anilines is 4. The van der Waals surface area contributed by atoms with Crippen LogP contribution in [0.2, 0.25) is 0 Å². The minimum absolute atomic E-state index is 0.00281. The topological polar surface area (TPSA) is 6.48 Å². The molecule has 60 heavy (non-hydrogen) atoms. The fraction of sp³-hybridized carbons (Fsp3) is 0.263. The molecule has 0 N–H and O–H groups in total. The molecular weight excluding hydrogens is 723 g/mol. The second kappa shape index (κ2) is 12.2. The van der Waals surface area contributed by atoms with Crippen molar-refractivity contribution in [2.24, 2.45) is 0 Å². The van der Waals surface area contributed by atoms with E-state index in [0.29, 0.717) is 0 Å². The lowest BCUT2D eigenvalue weighted by Gasteiger charge is -2.53. The molecule has 7 aromatic carbocycles. The summed E-state index contributed by atoms with van der Waals surface area (Å²) in [6, 6.07) is 55.8. The van der Waals surface area contributed by atoms with Gasteiger partial charge in [0.15, 0.2) is 0 Å². The second-order valence-corrected chi connectivity index (χ2v) is 20.4. The average molecular weight is 777 g/mol. The van der Waals surface area contributed by atoms with Crippen LogP contribution in [0, 0.1) is 0 Å². The molecule has 0 saturated heterocycles. The largest absolute Gasteiger partial charge is 0.376 e. The van der Waals surface area contributed by atoms with Crippen molar-refractivity contribution in [3.8, 4) is 44.5 Å². The van der Waals surface area contributed by atoms with E-state index in [-0.39, 0.29) is 28.6 Å². The zero-order valence-corrected chi connectivity index (χ0v) is 36.2. The maximum Gasteiger partial charge on any atom is 0.333 e. The summed E-state index contributed by atoms with van der Waals surface area (Å²) in [6.45, 7) is 17.4. The Balaban J connectivity index is 1.24. The maximum atomic E-state index is 2.96. The summed E-state index contributed by atoms with van der Waals surface area (Å²) in [5.74, 6) is 0. The summed E-state index contributed by atoms with van der Waals surface area (Å²) in [6.07, 6.45) is 4.90. The summed E-state index contributed by atoms with van der Waals surface area (Å²) in [5, 5.41) is 0. The molecule has 0 aromatic heterocycles. The molecule has 3 aliphatic heterocycles. The molecule has 5 aliphatic rings. The van der Waals surface area contributed by atoms with E-state index in [1.54, 1.807) is 5.56 Å². The average Bonchev–Trinajstić information content (AvgIpc) is 3.62. The van der Waals surface area contributed by atoms with E-state index in [4.69, 9.17) is 0 Å². The summed E-state index contributed by atoms with van der Waals surface area (Å²) in [5.41, 5.74) is 24.6. The number of nitrogens with zero attached hydrogens (tertiary/aromatic N) is 2. The van der Waals surface area contributed by atoms with Crippen molar-refractivity contribution in [1.29, 1.82) is 0 Å². The molecule has 0 bridgehead atoms. The Morgan fingerprint density at radius 1 is 0.533 bits per heavy atom. The van der Waals surface area contributed by atoms with E-state index < -0.39 is 0 Å². The number of hydrogen-bond donors (Lipinski definition) is 0. The Morgan fingerprint density at radius 2 is 1.17 bits per heavy atom. The SMILES string of the molecule is CC(C)(C)c1cc2c3c(c1)C1(C)CCCCC1(C)N3c1c3c(cc4c1-c1ccccc1C4(C)C)-c1cc(-c4ccccc4)ccc1N(c1ccc(-c4ccccc4)cc1)B23. The highest BCUT2D eigenvalue weighted by Crippen LogP contribution is 2.65. The summed E-state index contributed by atoms with van der Waals surface area (Å²) in [4.78, 5) is 5.69. The zero-order chi connectivity index (χ0) is 40.9. The first-order chi connectivity index (χ1) is 28.9. The molecule has 2 atom stereocenters. The third kappa shape index (κ3) is 4.62. The Labute approximate surface area is 357 Å². The van der Waals surface area contributed by atoms with Crippen molar-refractivity contribution in [1.82, 2.24) is 0 Å². The highest BCUT2D eigenvalue weighted by atomic mass is 15.3. The Hall–Kier alpha value is -5.80. The van der Waals surface area contributed by atoms with Crippen LogP contribution < -0.4 is 20.6 Å². The lowest BCUT2D eigenvalue weighted by molar-refractivity contribution is 0.195. The first-order valence-electron chi connectivity index (χ1n) is 22.4. The van der Waals surface area contributed by atoms with E-state index in [1.807, 2.05) is 0 Å². The van der Waals surface area contributed by atoms with Gasteiger partial charge in [-0.1, -0.05) is 170 Å². The fourth-order valence-electron chi connectivity index (χ4n) is 12.5. The molecule has 12 rings (SSSR count). The van der Waals surface area contributed by atoms with Crippen LogP contribution in [-0.2, 0) is 16.2 Å². The minimum atomic E-state index is -0.149. The lowest BCUT2D eigenvalue weighted by atomic mass is 9.42. The van der Waals surface area contributed by atoms with Crippen LogP contribution in [0.25, 0.3) is 44.5 Å². The van der Waals surface area contributed by atoms with Gasteiger partial charge in [0.25, 0.3) is 0 Å². The van der Waals surface area contributed by atoms with Gasteiger partial charge in [-0.05, 0) is 122 Å². The quantitative estimate of drug-likeness (QED) is 0.165. The summed E-state index contributed by atoms with van der Waals surface area (Å²) in [7, 11) is 0. The third-order valence-electron chi connectivity index (χ3n) is 15.9. The lowest BCUT2D eigenvalue weighted by Crippen LogP contribution is -2.65. The molecule has 2 nitrogen and oxygen atoms in total. The number of hydrogen-bond acceptors (Lipinski definition) is 2. The monoisotopic (exact) mass is 776 g/mol. The second-order valence-electron chi connectivity index (χ2n) is 20.4. The van der Waals surface area contributed by atoms with Crippen LogP contribution in [0.15, 0.2) is 146 Å². The maximum absolute atomic E-state index is 2.96. The van der Waals surface area contributed by atoms with Gasteiger partial charge in [0.1, 0.15) is 0 Å². The predicted molar refractivity (Wildman–Crippen MR) is 255 cm³/mol. The summed E-state index contributed by atoms with van der Waals surface area (Å²) < 4.78 is 0. The van der Waals surface area contributed by atoms with E-state index in [0.717, 1.165) is 0 Å². The van der Waals surface area contributed by atoms with Gasteiger partial charge in [-0.3, -0.25) is 0 Å². The van der Waals surface area contributed by atoms with Gasteiger partial charge in [-0.15, -0.1) is 0 Å². The molecule has 294 valence electrons. The van der Waals surface area contributed by atoms with Crippen molar-refractivity contribution in [3.05, 3.63) is 168 Å². The summed E-state index contributed by atoms with van der Waals surface area (Å²) >= 11 is 0. The third-order valence-corrected chi connectivity index (χ3v) is 15.9. The van der Waals surface area contributed by atoms with Gasteiger partial charge in [0.2, 0.25) is 0 Å². The first-order valence-corrected chi connectivity index (χ1v) is 22.4. The molecule has 0 spiro atoms. The molecular formula is C57H53BN2. The van der Waals surface area contributed by atoms with Crippen LogP contribution in [0.1, 0.15) is 96.4 Å². The van der Waals surface area contributed by atoms with Crippen LogP contribution in [0.3, 0.4) is 0 Å². The molecule has 3 heterocycles. The molecule has 2 aliphatic carbocycles. The van der Waals surface area contributed by atoms with E-state index in [2.05, 4.69) is 204 Å². The van der Waals surface area contributed by atoms with Gasteiger partial charge < -0.3 is 9.71 Å². The fourth-order valence-corrected chi connectivity index (χ4v) is 12.5. The molecule has 1 fully saturated rings. The molecule has 3 heteroatoms. The highest BCUT2D eigenvalue weighted by Gasteiger charge is 2.63. The highest BCUT2D eigenvalue weighted by molar-refractivity contribution is 6.94. The number of benzene rings is 7. The minimum Gasteiger partial charge on any atom is -0.376 e. The smallest absolute Gasteiger partial charge is 0.333 e. The molecule has 7 aromatic rings. The van der Waals surface area contributed by atoms with E-state index in [1.165, 1.54) is 121 Å². The molecule has 2 unspecified atom stereocenters.